The summed E-state index contributed by atoms with van der Waals surface area (Å²) in [4.78, 5) is 13.6. The predicted molar refractivity (Wildman–Crippen MR) is 64.0 cm³/mol. The minimum Gasteiger partial charge on any atom is -0.324 e. The molecule has 3 aromatic rings. The third kappa shape index (κ3) is 1.85. The van der Waals surface area contributed by atoms with Crippen molar-refractivity contribution in [2.45, 2.75) is 6.18 Å². The largest absolute Gasteiger partial charge is 0.433 e. The summed E-state index contributed by atoms with van der Waals surface area (Å²) >= 11 is 0. The number of nitrogens with zero attached hydrogens (tertiary/aromatic N) is 3. The molecule has 3 rings (SSSR count). The van der Waals surface area contributed by atoms with Crippen molar-refractivity contribution in [2.24, 2.45) is 0 Å². The van der Waals surface area contributed by atoms with Crippen LogP contribution in [0.3, 0.4) is 0 Å². The Morgan fingerprint density at radius 3 is 2.45 bits per heavy atom. The zero-order valence-electron chi connectivity index (χ0n) is 9.85. The first-order valence-electron chi connectivity index (χ1n) is 5.58. The fourth-order valence-corrected chi connectivity index (χ4v) is 1.91. The number of halogens is 3. The number of hydrogen-bond donors (Lipinski definition) is 1. The van der Waals surface area contributed by atoms with Crippen LogP contribution in [-0.2, 0) is 6.18 Å². The minimum absolute atomic E-state index is 0.0287. The van der Waals surface area contributed by atoms with E-state index in [9.17, 15) is 18.0 Å². The molecule has 0 bridgehead atoms. The summed E-state index contributed by atoms with van der Waals surface area (Å²) in [6, 6.07) is 8.24. The number of aromatic amines is 1. The molecule has 2 aromatic heterocycles. The quantitative estimate of drug-likeness (QED) is 0.742. The van der Waals surface area contributed by atoms with Gasteiger partial charge in [0.05, 0.1) is 0 Å². The normalized spacial score (nSPS) is 11.9. The maximum Gasteiger partial charge on any atom is 0.433 e. The minimum atomic E-state index is -4.63. The van der Waals surface area contributed by atoms with Crippen molar-refractivity contribution in [1.82, 2.24) is 19.6 Å². The lowest BCUT2D eigenvalue weighted by Crippen LogP contribution is -2.19. The third-order valence-corrected chi connectivity index (χ3v) is 2.77. The van der Waals surface area contributed by atoms with Crippen LogP contribution >= 0.6 is 0 Å². The topological polar surface area (TPSA) is 63.0 Å². The summed E-state index contributed by atoms with van der Waals surface area (Å²) in [6.07, 6.45) is -4.01. The van der Waals surface area contributed by atoms with E-state index in [0.717, 1.165) is 0 Å². The Kier molecular flexibility index (Phi) is 2.60. The van der Waals surface area contributed by atoms with Crippen LogP contribution in [0.25, 0.3) is 17.0 Å². The molecule has 0 amide bonds. The van der Waals surface area contributed by atoms with Crippen LogP contribution in [0.2, 0.25) is 0 Å². The lowest BCUT2D eigenvalue weighted by atomic mass is 10.2. The number of benzene rings is 1. The standard InChI is InChI=1S/C12H7F3N4O/c13-12(14,15)8-6-16-11(20)10-18-17-9(19(8)10)7-4-2-1-3-5-7/h1-6H,(H,16,20). The van der Waals surface area contributed by atoms with E-state index in [2.05, 4.69) is 10.2 Å². The van der Waals surface area contributed by atoms with Gasteiger partial charge in [0.25, 0.3) is 5.56 Å². The zero-order valence-corrected chi connectivity index (χ0v) is 9.85. The van der Waals surface area contributed by atoms with Crippen LogP contribution in [0.1, 0.15) is 5.69 Å². The molecule has 1 N–H and O–H groups in total. The third-order valence-electron chi connectivity index (χ3n) is 2.77. The van der Waals surface area contributed by atoms with Crippen molar-refractivity contribution >= 4 is 5.65 Å². The molecule has 8 heteroatoms. The Balaban J connectivity index is 2.41. The van der Waals surface area contributed by atoms with Crippen LogP contribution in [0.15, 0.2) is 41.3 Å². The van der Waals surface area contributed by atoms with Gasteiger partial charge in [0.15, 0.2) is 5.82 Å². The van der Waals surface area contributed by atoms with Gasteiger partial charge in [0.2, 0.25) is 5.65 Å². The molecule has 0 fully saturated rings. The maximum atomic E-state index is 13.0. The summed E-state index contributed by atoms with van der Waals surface area (Å²) < 4.78 is 39.8. The van der Waals surface area contributed by atoms with Gasteiger partial charge in [-0.2, -0.15) is 13.2 Å². The summed E-state index contributed by atoms with van der Waals surface area (Å²) in [7, 11) is 0. The van der Waals surface area contributed by atoms with Crippen LogP contribution in [0.5, 0.6) is 0 Å². The van der Waals surface area contributed by atoms with Crippen molar-refractivity contribution in [1.29, 1.82) is 0 Å². The van der Waals surface area contributed by atoms with E-state index in [1.54, 1.807) is 30.3 Å². The van der Waals surface area contributed by atoms with Crippen molar-refractivity contribution in [3.8, 4) is 11.4 Å². The SMILES string of the molecule is O=c1[nH]cc(C(F)(F)F)n2c(-c3ccccc3)nnc12. The van der Waals surface area contributed by atoms with Gasteiger partial charge in [-0.25, -0.2) is 0 Å². The number of hydrogen-bond acceptors (Lipinski definition) is 3. The molecule has 2 heterocycles. The van der Waals surface area contributed by atoms with Crippen molar-refractivity contribution in [3.63, 3.8) is 0 Å². The molecule has 102 valence electrons. The van der Waals surface area contributed by atoms with Gasteiger partial charge in [-0.15, -0.1) is 10.2 Å². The van der Waals surface area contributed by atoms with Gasteiger partial charge in [-0.1, -0.05) is 30.3 Å². The second-order valence-electron chi connectivity index (χ2n) is 4.05. The Morgan fingerprint density at radius 1 is 1.10 bits per heavy atom. The van der Waals surface area contributed by atoms with E-state index in [0.29, 0.717) is 16.2 Å². The molecule has 20 heavy (non-hydrogen) atoms. The molecule has 0 saturated carbocycles. The van der Waals surface area contributed by atoms with E-state index >= 15 is 0 Å². The van der Waals surface area contributed by atoms with Crippen LogP contribution in [-0.4, -0.2) is 19.6 Å². The van der Waals surface area contributed by atoms with Crippen LogP contribution in [0, 0.1) is 0 Å². The van der Waals surface area contributed by atoms with Crippen LogP contribution in [0.4, 0.5) is 13.2 Å². The Bertz CT molecular complexity index is 820. The predicted octanol–water partition coefficient (Wildman–Crippen LogP) is 2.10. The van der Waals surface area contributed by atoms with Gasteiger partial charge in [0.1, 0.15) is 5.69 Å². The monoisotopic (exact) mass is 280 g/mol. The first-order chi connectivity index (χ1) is 9.48. The summed E-state index contributed by atoms with van der Waals surface area (Å²) in [5.74, 6) is -0.0287. The second kappa shape index (κ2) is 4.19. The number of rotatable bonds is 1. The van der Waals surface area contributed by atoms with Crippen molar-refractivity contribution in [3.05, 3.63) is 52.6 Å². The molecule has 0 saturated heterocycles. The van der Waals surface area contributed by atoms with Gasteiger partial charge >= 0.3 is 6.18 Å². The molecule has 0 spiro atoms. The highest BCUT2D eigenvalue weighted by Gasteiger charge is 2.35. The van der Waals surface area contributed by atoms with Gasteiger partial charge in [-0.05, 0) is 0 Å². The Hall–Kier alpha value is -2.64. The number of H-pyrrole nitrogens is 1. The summed E-state index contributed by atoms with van der Waals surface area (Å²) in [5.41, 5.74) is -1.71. The smallest absolute Gasteiger partial charge is 0.324 e. The average molecular weight is 280 g/mol. The first-order valence-corrected chi connectivity index (χ1v) is 5.58. The molecule has 5 nitrogen and oxygen atoms in total. The number of aromatic nitrogens is 4. The Labute approximate surface area is 109 Å². The molecule has 0 aliphatic carbocycles. The molecule has 0 unspecified atom stereocenters. The molecule has 1 aromatic carbocycles. The van der Waals surface area contributed by atoms with E-state index in [-0.39, 0.29) is 5.82 Å². The van der Waals surface area contributed by atoms with Crippen molar-refractivity contribution in [2.75, 3.05) is 0 Å². The number of nitrogens with one attached hydrogen (secondary N) is 1. The number of alkyl halides is 3. The molecular formula is C12H7F3N4O. The number of fused-ring (bicyclic) bond motifs is 1. The molecule has 0 atom stereocenters. The van der Waals surface area contributed by atoms with Gasteiger partial charge < -0.3 is 4.98 Å². The lowest BCUT2D eigenvalue weighted by molar-refractivity contribution is -0.142. The second-order valence-corrected chi connectivity index (χ2v) is 4.05. The van der Waals surface area contributed by atoms with Gasteiger partial charge in [0, 0.05) is 11.8 Å². The molecular weight excluding hydrogens is 273 g/mol. The van der Waals surface area contributed by atoms with E-state index < -0.39 is 23.1 Å². The fourth-order valence-electron chi connectivity index (χ4n) is 1.91. The Morgan fingerprint density at radius 2 is 1.80 bits per heavy atom. The average Bonchev–Trinajstić information content (AvgIpc) is 2.84. The molecule has 0 radical (unpaired) electrons. The summed E-state index contributed by atoms with van der Waals surface area (Å²) in [6.45, 7) is 0. The highest BCUT2D eigenvalue weighted by atomic mass is 19.4. The van der Waals surface area contributed by atoms with E-state index in [4.69, 9.17) is 0 Å². The van der Waals surface area contributed by atoms with Crippen molar-refractivity contribution < 1.29 is 13.2 Å². The maximum absolute atomic E-state index is 13.0. The highest BCUT2D eigenvalue weighted by Crippen LogP contribution is 2.30. The van der Waals surface area contributed by atoms with E-state index in [1.165, 1.54) is 0 Å². The first kappa shape index (κ1) is 12.4. The van der Waals surface area contributed by atoms with Crippen LogP contribution < -0.4 is 5.56 Å². The fraction of sp³-hybridized carbons (Fsp3) is 0.0833. The van der Waals surface area contributed by atoms with E-state index in [1.807, 2.05) is 4.98 Å². The molecule has 0 aliphatic heterocycles. The lowest BCUT2D eigenvalue weighted by Gasteiger charge is -2.10. The summed E-state index contributed by atoms with van der Waals surface area (Å²) in [5, 5.41) is 7.23. The molecule has 0 aliphatic rings. The van der Waals surface area contributed by atoms with Gasteiger partial charge in [-0.3, -0.25) is 9.20 Å². The highest BCUT2D eigenvalue weighted by molar-refractivity contribution is 5.59. The zero-order chi connectivity index (χ0) is 14.3.